The van der Waals surface area contributed by atoms with Gasteiger partial charge in [-0.1, -0.05) is 26.0 Å². The molecule has 2 unspecified atom stereocenters. The lowest BCUT2D eigenvalue weighted by molar-refractivity contribution is -0.0209. The molecular formula is C18H28FNO. The lowest BCUT2D eigenvalue weighted by atomic mass is 9.91. The Kier molecular flexibility index (Phi) is 5.39. The zero-order valence-corrected chi connectivity index (χ0v) is 13.7. The van der Waals surface area contributed by atoms with E-state index in [0.29, 0.717) is 12.0 Å². The molecule has 21 heavy (non-hydrogen) atoms. The molecule has 1 aliphatic rings. The van der Waals surface area contributed by atoms with Gasteiger partial charge in [0.2, 0.25) is 0 Å². The van der Waals surface area contributed by atoms with Crippen LogP contribution in [0.2, 0.25) is 0 Å². The van der Waals surface area contributed by atoms with Crippen molar-refractivity contribution in [1.82, 2.24) is 5.32 Å². The predicted octanol–water partition coefficient (Wildman–Crippen LogP) is 4.26. The van der Waals surface area contributed by atoms with Gasteiger partial charge in [-0.05, 0) is 56.7 Å². The molecule has 1 N–H and O–H groups in total. The van der Waals surface area contributed by atoms with Crippen LogP contribution in [0, 0.1) is 5.82 Å². The molecule has 2 nitrogen and oxygen atoms in total. The molecule has 1 aromatic rings. The van der Waals surface area contributed by atoms with Crippen molar-refractivity contribution in [2.24, 2.45) is 0 Å². The van der Waals surface area contributed by atoms with Crippen molar-refractivity contribution in [3.8, 4) is 0 Å². The maximum Gasteiger partial charge on any atom is 0.123 e. The van der Waals surface area contributed by atoms with Crippen molar-refractivity contribution in [3.63, 3.8) is 0 Å². The Morgan fingerprint density at radius 3 is 2.71 bits per heavy atom. The highest BCUT2D eigenvalue weighted by Crippen LogP contribution is 2.34. The molecule has 1 fully saturated rings. The molecule has 1 saturated heterocycles. The summed E-state index contributed by atoms with van der Waals surface area (Å²) in [5.41, 5.74) is 1.05. The zero-order chi connectivity index (χ0) is 15.5. The first kappa shape index (κ1) is 16.4. The van der Waals surface area contributed by atoms with Crippen molar-refractivity contribution in [2.45, 2.75) is 70.6 Å². The molecule has 3 heteroatoms. The molecule has 0 bridgehead atoms. The molecule has 2 rings (SSSR count). The first-order valence-electron chi connectivity index (χ1n) is 8.02. The molecule has 1 aromatic carbocycles. The summed E-state index contributed by atoms with van der Waals surface area (Å²) in [6.07, 6.45) is 3.43. The van der Waals surface area contributed by atoms with E-state index in [4.69, 9.17) is 4.74 Å². The average molecular weight is 293 g/mol. The van der Waals surface area contributed by atoms with E-state index < -0.39 is 0 Å². The van der Waals surface area contributed by atoms with Crippen molar-refractivity contribution < 1.29 is 9.13 Å². The van der Waals surface area contributed by atoms with E-state index in [-0.39, 0.29) is 17.5 Å². The van der Waals surface area contributed by atoms with E-state index >= 15 is 0 Å². The minimum atomic E-state index is -0.158. The number of hydrogen-bond acceptors (Lipinski definition) is 2. The zero-order valence-electron chi connectivity index (χ0n) is 13.7. The molecular weight excluding hydrogens is 265 g/mol. The Balaban J connectivity index is 2.05. The van der Waals surface area contributed by atoms with Crippen LogP contribution in [0.15, 0.2) is 24.3 Å². The first-order chi connectivity index (χ1) is 9.85. The van der Waals surface area contributed by atoms with Crippen LogP contribution in [0.25, 0.3) is 0 Å². The fourth-order valence-corrected chi connectivity index (χ4v) is 3.04. The van der Waals surface area contributed by atoms with Gasteiger partial charge in [0.25, 0.3) is 0 Å². The van der Waals surface area contributed by atoms with Crippen molar-refractivity contribution in [2.75, 3.05) is 6.54 Å². The van der Waals surface area contributed by atoms with Gasteiger partial charge in [0.15, 0.2) is 0 Å². The normalized spacial score (nSPS) is 22.7. The Morgan fingerprint density at radius 2 is 2.14 bits per heavy atom. The van der Waals surface area contributed by atoms with Gasteiger partial charge in [0.05, 0.1) is 11.7 Å². The Labute approximate surface area is 128 Å². The van der Waals surface area contributed by atoms with Crippen LogP contribution in [-0.4, -0.2) is 24.3 Å². The molecule has 0 aliphatic carbocycles. The summed E-state index contributed by atoms with van der Waals surface area (Å²) >= 11 is 0. The number of benzene rings is 1. The molecule has 118 valence electrons. The van der Waals surface area contributed by atoms with Gasteiger partial charge >= 0.3 is 0 Å². The van der Waals surface area contributed by atoms with Crippen LogP contribution < -0.4 is 5.32 Å². The summed E-state index contributed by atoms with van der Waals surface area (Å²) in [5.74, 6) is 0.136. The summed E-state index contributed by atoms with van der Waals surface area (Å²) in [4.78, 5) is 0. The summed E-state index contributed by atoms with van der Waals surface area (Å²) in [6, 6.07) is 7.42. The Bertz CT molecular complexity index is 458. The van der Waals surface area contributed by atoms with Crippen LogP contribution in [-0.2, 0) is 4.74 Å². The van der Waals surface area contributed by atoms with Crippen LogP contribution in [0.3, 0.4) is 0 Å². The van der Waals surface area contributed by atoms with E-state index in [0.717, 1.165) is 31.4 Å². The second kappa shape index (κ2) is 6.89. The predicted molar refractivity (Wildman–Crippen MR) is 85.1 cm³/mol. The smallest absolute Gasteiger partial charge is 0.123 e. The van der Waals surface area contributed by atoms with Crippen LogP contribution >= 0.6 is 0 Å². The third kappa shape index (κ3) is 5.08. The highest BCUT2D eigenvalue weighted by atomic mass is 19.1. The van der Waals surface area contributed by atoms with Gasteiger partial charge in [0.1, 0.15) is 5.82 Å². The second-order valence-electron chi connectivity index (χ2n) is 7.09. The van der Waals surface area contributed by atoms with Gasteiger partial charge in [-0.2, -0.15) is 0 Å². The number of ether oxygens (including phenoxy) is 1. The number of hydrogen-bond donors (Lipinski definition) is 1. The molecule has 0 radical (unpaired) electrons. The fourth-order valence-electron chi connectivity index (χ4n) is 3.04. The van der Waals surface area contributed by atoms with Crippen LogP contribution in [0.5, 0.6) is 0 Å². The van der Waals surface area contributed by atoms with E-state index in [1.165, 1.54) is 6.07 Å². The van der Waals surface area contributed by atoms with E-state index in [2.05, 4.69) is 33.0 Å². The number of halogens is 1. The standard InChI is InChI=1S/C18H28FNO/c1-13(2)20-12-15(14-6-5-7-16(19)10-14)11-17-8-9-18(3,4)21-17/h5-7,10,13,15,17,20H,8-9,11-12H2,1-4H3. The monoisotopic (exact) mass is 293 g/mol. The fraction of sp³-hybridized carbons (Fsp3) is 0.667. The second-order valence-corrected chi connectivity index (χ2v) is 7.09. The Hall–Kier alpha value is -0.930. The third-order valence-corrected chi connectivity index (χ3v) is 4.19. The quantitative estimate of drug-likeness (QED) is 0.846. The molecule has 0 amide bonds. The van der Waals surface area contributed by atoms with Gasteiger partial charge < -0.3 is 10.1 Å². The third-order valence-electron chi connectivity index (χ3n) is 4.19. The highest BCUT2D eigenvalue weighted by molar-refractivity contribution is 5.21. The van der Waals surface area contributed by atoms with E-state index in [1.54, 1.807) is 12.1 Å². The minimum Gasteiger partial charge on any atom is -0.372 e. The summed E-state index contributed by atoms with van der Waals surface area (Å²) in [6.45, 7) is 9.43. The summed E-state index contributed by atoms with van der Waals surface area (Å²) in [7, 11) is 0. The topological polar surface area (TPSA) is 21.3 Å². The van der Waals surface area contributed by atoms with Crippen molar-refractivity contribution in [3.05, 3.63) is 35.6 Å². The van der Waals surface area contributed by atoms with Gasteiger partial charge in [-0.15, -0.1) is 0 Å². The Morgan fingerprint density at radius 1 is 1.38 bits per heavy atom. The summed E-state index contributed by atoms with van der Waals surface area (Å²) < 4.78 is 19.6. The highest BCUT2D eigenvalue weighted by Gasteiger charge is 2.33. The van der Waals surface area contributed by atoms with Gasteiger partial charge in [-0.25, -0.2) is 4.39 Å². The van der Waals surface area contributed by atoms with Crippen LogP contribution in [0.1, 0.15) is 58.4 Å². The number of nitrogens with one attached hydrogen (secondary N) is 1. The maximum absolute atomic E-state index is 13.5. The van der Waals surface area contributed by atoms with E-state index in [1.807, 2.05) is 6.07 Å². The molecule has 0 aromatic heterocycles. The van der Waals surface area contributed by atoms with E-state index in [9.17, 15) is 4.39 Å². The maximum atomic E-state index is 13.5. The van der Waals surface area contributed by atoms with Crippen LogP contribution in [0.4, 0.5) is 4.39 Å². The van der Waals surface area contributed by atoms with Crippen molar-refractivity contribution in [1.29, 1.82) is 0 Å². The lowest BCUT2D eigenvalue weighted by Crippen LogP contribution is -2.30. The molecule has 0 spiro atoms. The molecule has 1 heterocycles. The average Bonchev–Trinajstić information content (AvgIpc) is 2.73. The number of rotatable bonds is 6. The first-order valence-corrected chi connectivity index (χ1v) is 8.02. The van der Waals surface area contributed by atoms with Crippen molar-refractivity contribution >= 4 is 0 Å². The SMILES string of the molecule is CC(C)NCC(CC1CCC(C)(C)O1)c1cccc(F)c1. The van der Waals surface area contributed by atoms with Gasteiger partial charge in [0, 0.05) is 12.6 Å². The molecule has 1 aliphatic heterocycles. The summed E-state index contributed by atoms with van der Waals surface area (Å²) in [5, 5.41) is 3.48. The molecule has 0 saturated carbocycles. The lowest BCUT2D eigenvalue weighted by Gasteiger charge is -2.25. The molecule has 2 atom stereocenters. The minimum absolute atomic E-state index is 0.0113. The largest absolute Gasteiger partial charge is 0.372 e. The van der Waals surface area contributed by atoms with Gasteiger partial charge in [-0.3, -0.25) is 0 Å².